The molecule has 0 aromatic rings. The first-order chi connectivity index (χ1) is 34.2. The van der Waals surface area contributed by atoms with Crippen molar-refractivity contribution < 1.29 is 52.2 Å². The zero-order valence-corrected chi connectivity index (χ0v) is 44.3. The molecule has 11 nitrogen and oxygen atoms in total. The number of aliphatic hydroxyl groups is 1. The molecular formula is C58H93O11P. The summed E-state index contributed by atoms with van der Waals surface area (Å²) in [7, 11) is -4.78. The second kappa shape index (κ2) is 51.2. The number of aliphatic hydroxyl groups excluding tert-OH is 1. The van der Waals surface area contributed by atoms with Crippen LogP contribution in [-0.4, -0.2) is 66.5 Å². The zero-order valence-electron chi connectivity index (χ0n) is 43.4. The van der Waals surface area contributed by atoms with Gasteiger partial charge in [0, 0.05) is 19.3 Å². The van der Waals surface area contributed by atoms with Gasteiger partial charge in [0.1, 0.15) is 12.7 Å². The van der Waals surface area contributed by atoms with Gasteiger partial charge in [-0.2, -0.15) is 0 Å². The summed E-state index contributed by atoms with van der Waals surface area (Å²) in [5, 5.41) is 9.76. The minimum absolute atomic E-state index is 0.0319. The summed E-state index contributed by atoms with van der Waals surface area (Å²) in [5.41, 5.74) is 0. The summed E-state index contributed by atoms with van der Waals surface area (Å²) in [6.45, 7) is 4.20. The molecule has 0 aromatic heterocycles. The first-order valence-corrected chi connectivity index (χ1v) is 27.9. The Hall–Kier alpha value is -4.12. The van der Waals surface area contributed by atoms with E-state index >= 15 is 0 Å². The minimum atomic E-state index is -4.78. The van der Waals surface area contributed by atoms with Gasteiger partial charge in [-0.15, -0.1) is 0 Å². The van der Waals surface area contributed by atoms with Gasteiger partial charge < -0.3 is 24.2 Å². The maximum absolute atomic E-state index is 12.8. The largest absolute Gasteiger partial charge is 0.472 e. The second-order valence-electron chi connectivity index (χ2n) is 16.9. The van der Waals surface area contributed by atoms with Crippen LogP contribution in [0.2, 0.25) is 0 Å². The maximum Gasteiger partial charge on any atom is 0.472 e. The molecule has 396 valence electrons. The molecule has 0 aliphatic heterocycles. The third-order valence-electron chi connectivity index (χ3n) is 10.4. The fourth-order valence-corrected chi connectivity index (χ4v) is 7.16. The molecule has 12 heteroatoms. The molecule has 0 aliphatic rings. The summed E-state index contributed by atoms with van der Waals surface area (Å²) in [6, 6.07) is 0. The van der Waals surface area contributed by atoms with Crippen LogP contribution in [0.15, 0.2) is 122 Å². The summed E-state index contributed by atoms with van der Waals surface area (Å²) in [6.07, 6.45) is 61.9. The Labute approximate surface area is 424 Å². The van der Waals surface area contributed by atoms with Gasteiger partial charge in [0.05, 0.1) is 19.8 Å². The van der Waals surface area contributed by atoms with E-state index < -0.39 is 57.8 Å². The molecule has 0 heterocycles. The summed E-state index contributed by atoms with van der Waals surface area (Å²) < 4.78 is 39.2. The topological polar surface area (TPSA) is 155 Å². The van der Waals surface area contributed by atoms with Crippen LogP contribution in [0.4, 0.5) is 0 Å². The average molecular weight is 997 g/mol. The average Bonchev–Trinajstić information content (AvgIpc) is 3.35. The molecule has 0 fully saturated rings. The molecule has 3 unspecified atom stereocenters. The highest BCUT2D eigenvalue weighted by molar-refractivity contribution is 7.47. The lowest BCUT2D eigenvalue weighted by Gasteiger charge is -2.21. The van der Waals surface area contributed by atoms with E-state index in [-0.39, 0.29) is 25.9 Å². The number of unbranched alkanes of at least 4 members (excludes halogenated alkanes) is 10. The lowest BCUT2D eigenvalue weighted by atomic mass is 10.1. The van der Waals surface area contributed by atoms with Gasteiger partial charge in [0.15, 0.2) is 6.10 Å². The van der Waals surface area contributed by atoms with Gasteiger partial charge >= 0.3 is 25.7 Å². The lowest BCUT2D eigenvalue weighted by Crippen LogP contribution is -2.30. The number of carbonyl (C=O) groups is 3. The monoisotopic (exact) mass is 997 g/mol. The highest BCUT2D eigenvalue weighted by Crippen LogP contribution is 2.43. The van der Waals surface area contributed by atoms with Crippen LogP contribution < -0.4 is 0 Å². The van der Waals surface area contributed by atoms with Crippen molar-refractivity contribution in [1.82, 2.24) is 0 Å². The number of phosphoric acid groups is 1. The number of rotatable bonds is 47. The highest BCUT2D eigenvalue weighted by Gasteiger charge is 2.28. The Balaban J connectivity index is 4.88. The van der Waals surface area contributed by atoms with E-state index in [1.807, 2.05) is 12.2 Å². The third kappa shape index (κ3) is 48.9. The van der Waals surface area contributed by atoms with Crippen molar-refractivity contribution in [1.29, 1.82) is 0 Å². The summed E-state index contributed by atoms with van der Waals surface area (Å²) in [5.74, 6) is -1.63. The van der Waals surface area contributed by atoms with Crippen molar-refractivity contribution in [3.8, 4) is 0 Å². The van der Waals surface area contributed by atoms with E-state index in [2.05, 4.69) is 130 Å². The number of ether oxygens (including phenoxy) is 3. The number of phosphoric ester groups is 1. The lowest BCUT2D eigenvalue weighted by molar-refractivity contribution is -0.161. The van der Waals surface area contributed by atoms with Crippen molar-refractivity contribution in [2.75, 3.05) is 26.4 Å². The number of hydrogen-bond donors (Lipinski definition) is 2. The quantitative estimate of drug-likeness (QED) is 0.0197. The normalized spacial score (nSPS) is 14.4. The number of carbonyl (C=O) groups excluding carboxylic acids is 3. The first kappa shape index (κ1) is 65.9. The molecule has 0 rings (SSSR count). The Morgan fingerprint density at radius 3 is 1.26 bits per heavy atom. The van der Waals surface area contributed by atoms with Crippen molar-refractivity contribution >= 4 is 25.7 Å². The van der Waals surface area contributed by atoms with Gasteiger partial charge in [0.25, 0.3) is 0 Å². The zero-order chi connectivity index (χ0) is 51.3. The van der Waals surface area contributed by atoms with Crippen LogP contribution in [0.1, 0.15) is 188 Å². The van der Waals surface area contributed by atoms with E-state index in [0.29, 0.717) is 25.7 Å². The molecule has 2 N–H and O–H groups in total. The molecule has 0 amide bonds. The molecule has 0 bridgehead atoms. The van der Waals surface area contributed by atoms with Gasteiger partial charge in [-0.25, -0.2) is 4.57 Å². The molecule has 3 atom stereocenters. The molecule has 70 heavy (non-hydrogen) atoms. The van der Waals surface area contributed by atoms with Crippen LogP contribution in [0.3, 0.4) is 0 Å². The van der Waals surface area contributed by atoms with Gasteiger partial charge in [-0.3, -0.25) is 23.4 Å². The maximum atomic E-state index is 12.8. The van der Waals surface area contributed by atoms with Gasteiger partial charge in [0.2, 0.25) is 0 Å². The van der Waals surface area contributed by atoms with Crippen LogP contribution in [0.5, 0.6) is 0 Å². The van der Waals surface area contributed by atoms with Crippen LogP contribution in [-0.2, 0) is 42.2 Å². The van der Waals surface area contributed by atoms with Gasteiger partial charge in [-0.05, 0) is 109 Å². The fraction of sp³-hybridized carbons (Fsp3) is 0.603. The molecule has 0 radical (unpaired) electrons. The minimum Gasteiger partial charge on any atom is -0.462 e. The van der Waals surface area contributed by atoms with Crippen molar-refractivity contribution in [2.24, 2.45) is 0 Å². The van der Waals surface area contributed by atoms with E-state index in [4.69, 9.17) is 23.3 Å². The molecule has 0 aromatic carbocycles. The first-order valence-electron chi connectivity index (χ1n) is 26.4. The third-order valence-corrected chi connectivity index (χ3v) is 11.3. The molecular weight excluding hydrogens is 904 g/mol. The second-order valence-corrected chi connectivity index (χ2v) is 18.4. The SMILES string of the molecule is CC/C=C\C/C=C\C/C=C\C/C=C\C/C=C\CCCCCC(=O)OCC(COP(=O)(O)OCC(CO)OC(=O)CCCCCCC/C=C\CCCC)OC(=O)CC/C=C\C/C=C\C/C=C\C/C=C\CC. The Kier molecular flexibility index (Phi) is 48.2. The van der Waals surface area contributed by atoms with E-state index in [0.717, 1.165) is 109 Å². The van der Waals surface area contributed by atoms with Crippen molar-refractivity contribution in [3.63, 3.8) is 0 Å². The van der Waals surface area contributed by atoms with Crippen molar-refractivity contribution in [2.45, 2.75) is 200 Å². The molecule has 0 saturated carbocycles. The molecule has 0 aliphatic carbocycles. The van der Waals surface area contributed by atoms with Crippen LogP contribution >= 0.6 is 7.82 Å². The Bertz CT molecular complexity index is 1630. The fourth-order valence-electron chi connectivity index (χ4n) is 6.37. The molecule has 0 saturated heterocycles. The molecule has 0 spiro atoms. The van der Waals surface area contributed by atoms with Crippen LogP contribution in [0.25, 0.3) is 0 Å². The standard InChI is InChI=1S/C58H93O11P/c1-4-7-10-13-16-19-22-24-25-26-27-28-29-31-33-35-38-41-44-47-56(60)65-51-55(69-58(62)49-46-43-40-37-34-30-23-20-17-14-11-8-5-2)53-67-70(63,64)66-52-54(50-59)68-57(61)48-45-42-39-36-32-21-18-15-12-9-6-3/h7-8,10-11,15-20,24-25,27-28,30-31,33-34,40,43,54-55,59H,4-6,9,12-14,21-23,26,29,32,35-39,41-42,44-53H2,1-3H3,(H,63,64)/b10-7-,11-8-,18-15-,19-16-,20-17-,25-24-,28-27-,33-31-,34-30-,43-40-. The Morgan fingerprint density at radius 2 is 0.771 bits per heavy atom. The number of esters is 3. The van der Waals surface area contributed by atoms with E-state index in [1.165, 1.54) is 12.8 Å². The van der Waals surface area contributed by atoms with E-state index in [1.54, 1.807) is 0 Å². The summed E-state index contributed by atoms with van der Waals surface area (Å²) in [4.78, 5) is 48.3. The van der Waals surface area contributed by atoms with E-state index in [9.17, 15) is 28.9 Å². The smallest absolute Gasteiger partial charge is 0.462 e. The number of allylic oxidation sites excluding steroid dienone is 20. The highest BCUT2D eigenvalue weighted by atomic mass is 31.2. The predicted molar refractivity (Wildman–Crippen MR) is 288 cm³/mol. The summed E-state index contributed by atoms with van der Waals surface area (Å²) >= 11 is 0. The van der Waals surface area contributed by atoms with Gasteiger partial charge in [-0.1, -0.05) is 181 Å². The van der Waals surface area contributed by atoms with Crippen molar-refractivity contribution in [3.05, 3.63) is 122 Å². The van der Waals surface area contributed by atoms with Crippen LogP contribution in [0, 0.1) is 0 Å². The predicted octanol–water partition coefficient (Wildman–Crippen LogP) is 15.2. The number of hydrogen-bond acceptors (Lipinski definition) is 10. The Morgan fingerprint density at radius 1 is 0.414 bits per heavy atom.